The van der Waals surface area contributed by atoms with Crippen LogP contribution < -0.4 is 0 Å². The Hall–Kier alpha value is -0.690. The van der Waals surface area contributed by atoms with E-state index in [-0.39, 0.29) is 22.2 Å². The number of carbonyl (C=O) groups is 1. The van der Waals surface area contributed by atoms with Gasteiger partial charge in [-0.2, -0.15) is 0 Å². The zero-order chi connectivity index (χ0) is 21.5. The first kappa shape index (κ1) is 27.3. The van der Waals surface area contributed by atoms with Crippen LogP contribution in [0.25, 0.3) is 0 Å². The molecule has 0 spiro atoms. The average Bonchev–Trinajstić information content (AvgIpc) is 2.58. The van der Waals surface area contributed by atoms with E-state index in [1.165, 1.54) is 57.8 Å². The first-order valence-corrected chi connectivity index (χ1v) is 11.4. The number of unbranched alkanes of at least 4 members (excludes halogenated alkanes) is 10. The fourth-order valence-corrected chi connectivity index (χ4v) is 4.49. The molecule has 1 atom stereocenters. The van der Waals surface area contributed by atoms with Crippen molar-refractivity contribution in [1.82, 2.24) is 0 Å². The molecule has 0 bridgehead atoms. The van der Waals surface area contributed by atoms with Gasteiger partial charge in [-0.3, -0.25) is 8.97 Å². The van der Waals surface area contributed by atoms with Crippen molar-refractivity contribution in [2.45, 2.75) is 83.7 Å². The highest BCUT2D eigenvalue weighted by molar-refractivity contribution is 5.70. The van der Waals surface area contributed by atoms with Gasteiger partial charge in [-0.25, -0.2) is 4.79 Å². The Morgan fingerprint density at radius 1 is 0.714 bits per heavy atom. The van der Waals surface area contributed by atoms with Crippen LogP contribution in [0.5, 0.6) is 0 Å². The molecule has 0 aliphatic rings. The number of likely N-dealkylation sites (N-methyl/N-ethyl adjacent to an activating group) is 1. The third-order valence-electron chi connectivity index (χ3n) is 5.77. The van der Waals surface area contributed by atoms with Gasteiger partial charge in [-0.15, -0.1) is 0 Å². The molecule has 0 radical (unpaired) electrons. The number of hydrogen-bond donors (Lipinski definition) is 3. The molecule has 168 valence electrons. The lowest BCUT2D eigenvalue weighted by Crippen LogP contribution is -2.71. The predicted molar refractivity (Wildman–Crippen MR) is 115 cm³/mol. The number of quaternary nitrogens is 2. The SMILES string of the molecule is CCCCCCCCCCCCC[N+](CCO)(CCO)C(C(=O)O)[N+](C)(C)C. The topological polar surface area (TPSA) is 77.8 Å². The molecule has 0 rings (SSSR count). The minimum absolute atomic E-state index is 0.0676. The molecule has 0 amide bonds. The van der Waals surface area contributed by atoms with Crippen molar-refractivity contribution in [3.05, 3.63) is 0 Å². The van der Waals surface area contributed by atoms with E-state index in [1.807, 2.05) is 21.1 Å². The molecule has 0 aliphatic carbocycles. The van der Waals surface area contributed by atoms with Crippen LogP contribution in [0.15, 0.2) is 0 Å². The summed E-state index contributed by atoms with van der Waals surface area (Å²) >= 11 is 0. The fourth-order valence-electron chi connectivity index (χ4n) is 4.49. The molecular formula is C22H48N2O4+2. The highest BCUT2D eigenvalue weighted by Gasteiger charge is 2.49. The van der Waals surface area contributed by atoms with Gasteiger partial charge in [0.05, 0.1) is 40.9 Å². The zero-order valence-corrected chi connectivity index (χ0v) is 19.0. The summed E-state index contributed by atoms with van der Waals surface area (Å²) in [5, 5.41) is 29.1. The maximum Gasteiger partial charge on any atom is 0.423 e. The first-order valence-electron chi connectivity index (χ1n) is 11.4. The minimum atomic E-state index is -0.863. The van der Waals surface area contributed by atoms with Crippen molar-refractivity contribution >= 4 is 5.97 Å². The van der Waals surface area contributed by atoms with E-state index < -0.39 is 12.1 Å². The molecule has 28 heavy (non-hydrogen) atoms. The van der Waals surface area contributed by atoms with Crippen LogP contribution in [0.2, 0.25) is 0 Å². The maximum absolute atomic E-state index is 12.0. The van der Waals surface area contributed by atoms with Crippen molar-refractivity contribution in [2.75, 3.05) is 54.0 Å². The van der Waals surface area contributed by atoms with E-state index in [4.69, 9.17) is 0 Å². The Balaban J connectivity index is 4.49. The summed E-state index contributed by atoms with van der Waals surface area (Å²) in [6.45, 7) is 3.53. The van der Waals surface area contributed by atoms with Crippen LogP contribution in [0.1, 0.15) is 77.6 Å². The van der Waals surface area contributed by atoms with Gasteiger partial charge in [0, 0.05) is 0 Å². The van der Waals surface area contributed by atoms with E-state index in [0.717, 1.165) is 12.8 Å². The lowest BCUT2D eigenvalue weighted by Gasteiger charge is -2.46. The molecule has 0 aromatic carbocycles. The summed E-state index contributed by atoms with van der Waals surface area (Å²) in [5.74, 6) is -0.863. The van der Waals surface area contributed by atoms with Crippen LogP contribution in [-0.4, -0.2) is 90.4 Å². The fraction of sp³-hybridized carbons (Fsp3) is 0.955. The molecule has 6 heteroatoms. The highest BCUT2D eigenvalue weighted by atomic mass is 16.4. The second-order valence-corrected chi connectivity index (χ2v) is 9.20. The van der Waals surface area contributed by atoms with E-state index in [9.17, 15) is 20.1 Å². The molecule has 0 aromatic heterocycles. The molecule has 6 nitrogen and oxygen atoms in total. The Morgan fingerprint density at radius 2 is 1.11 bits per heavy atom. The monoisotopic (exact) mass is 404 g/mol. The highest BCUT2D eigenvalue weighted by Crippen LogP contribution is 2.22. The Bertz CT molecular complexity index is 390. The zero-order valence-electron chi connectivity index (χ0n) is 19.0. The van der Waals surface area contributed by atoms with Gasteiger partial charge in [0.15, 0.2) is 0 Å². The summed E-state index contributed by atoms with van der Waals surface area (Å²) in [5.41, 5.74) is 0. The van der Waals surface area contributed by atoms with E-state index >= 15 is 0 Å². The van der Waals surface area contributed by atoms with Gasteiger partial charge in [0.1, 0.15) is 13.1 Å². The van der Waals surface area contributed by atoms with Gasteiger partial charge in [0.25, 0.3) is 0 Å². The average molecular weight is 405 g/mol. The van der Waals surface area contributed by atoms with Crippen LogP contribution in [0.4, 0.5) is 0 Å². The Labute approximate surface area is 173 Å². The van der Waals surface area contributed by atoms with E-state index in [2.05, 4.69) is 6.92 Å². The number of aliphatic hydroxyl groups is 2. The number of hydrogen-bond acceptors (Lipinski definition) is 3. The number of aliphatic hydroxyl groups excluding tert-OH is 2. The standard InChI is InChI=1S/C22H47N2O4/c1-5-6-7-8-9-10-11-12-13-14-15-16-24(17-19-25,18-20-26)21(22(27)28)23(2,3)4/h21,25-26H,5-20H2,1-4H3/q+1/p+1. The molecule has 0 aromatic rings. The maximum atomic E-state index is 12.0. The molecule has 0 saturated heterocycles. The lowest BCUT2D eigenvalue weighted by atomic mass is 10.1. The van der Waals surface area contributed by atoms with Crippen molar-refractivity contribution in [1.29, 1.82) is 0 Å². The number of nitrogens with zero attached hydrogens (tertiary/aromatic N) is 2. The molecule has 1 unspecified atom stereocenters. The molecule has 0 fully saturated rings. The molecule has 3 N–H and O–H groups in total. The van der Waals surface area contributed by atoms with E-state index in [0.29, 0.717) is 19.6 Å². The van der Waals surface area contributed by atoms with Gasteiger partial charge in [-0.05, 0) is 12.8 Å². The van der Waals surface area contributed by atoms with E-state index in [1.54, 1.807) is 0 Å². The normalized spacial score (nSPS) is 13.6. The summed E-state index contributed by atoms with van der Waals surface area (Å²) in [6, 6.07) is 0. The van der Waals surface area contributed by atoms with Gasteiger partial charge in [-0.1, -0.05) is 64.7 Å². The van der Waals surface area contributed by atoms with Crippen LogP contribution in [0.3, 0.4) is 0 Å². The first-order chi connectivity index (χ1) is 13.2. The molecular weight excluding hydrogens is 356 g/mol. The van der Waals surface area contributed by atoms with Crippen LogP contribution in [0, 0.1) is 0 Å². The number of rotatable bonds is 19. The van der Waals surface area contributed by atoms with Gasteiger partial charge >= 0.3 is 12.1 Å². The summed E-state index contributed by atoms with van der Waals surface area (Å²) in [4.78, 5) is 12.0. The third-order valence-corrected chi connectivity index (χ3v) is 5.77. The summed E-state index contributed by atoms with van der Waals surface area (Å²) in [7, 11) is 5.63. The third kappa shape index (κ3) is 10.7. The molecule has 0 aliphatic heterocycles. The van der Waals surface area contributed by atoms with Crippen molar-refractivity contribution in [2.24, 2.45) is 0 Å². The predicted octanol–water partition coefficient (Wildman–Crippen LogP) is 3.22. The minimum Gasteiger partial charge on any atom is -0.472 e. The summed E-state index contributed by atoms with van der Waals surface area (Å²) in [6.07, 6.45) is 13.1. The summed E-state index contributed by atoms with van der Waals surface area (Å²) < 4.78 is 0.511. The molecule has 0 saturated carbocycles. The van der Waals surface area contributed by atoms with Crippen LogP contribution in [-0.2, 0) is 4.79 Å². The second kappa shape index (κ2) is 15.2. The Kier molecular flexibility index (Phi) is 14.8. The smallest absolute Gasteiger partial charge is 0.423 e. The quantitative estimate of drug-likeness (QED) is 0.175. The lowest BCUT2D eigenvalue weighted by molar-refractivity contribution is -1.10. The van der Waals surface area contributed by atoms with Crippen molar-refractivity contribution in [3.63, 3.8) is 0 Å². The number of carboxylic acids is 1. The number of carboxylic acid groups (broad SMARTS) is 1. The second-order valence-electron chi connectivity index (χ2n) is 9.20. The van der Waals surface area contributed by atoms with Crippen molar-refractivity contribution in [3.8, 4) is 0 Å². The van der Waals surface area contributed by atoms with Crippen molar-refractivity contribution < 1.29 is 29.1 Å². The van der Waals surface area contributed by atoms with Gasteiger partial charge < -0.3 is 15.3 Å². The molecule has 0 heterocycles. The Morgan fingerprint density at radius 3 is 1.43 bits per heavy atom. The largest absolute Gasteiger partial charge is 0.472 e. The van der Waals surface area contributed by atoms with Gasteiger partial charge in [0.2, 0.25) is 0 Å². The van der Waals surface area contributed by atoms with Crippen LogP contribution >= 0.6 is 0 Å². The number of aliphatic carboxylic acids is 1.